The van der Waals surface area contributed by atoms with Gasteiger partial charge >= 0.3 is 0 Å². The number of anilines is 2. The van der Waals surface area contributed by atoms with Gasteiger partial charge in [-0.15, -0.1) is 0 Å². The monoisotopic (exact) mass is 472 g/mol. The Bertz CT molecular complexity index is 1200. The van der Waals surface area contributed by atoms with Crippen LogP contribution in [0, 0.1) is 19.8 Å². The number of amides is 2. The maximum atomic E-state index is 13.5. The summed E-state index contributed by atoms with van der Waals surface area (Å²) in [5.74, 6) is -0.175. The molecule has 1 fully saturated rings. The highest BCUT2D eigenvalue weighted by Crippen LogP contribution is 2.36. The molecule has 0 aliphatic carbocycles. The van der Waals surface area contributed by atoms with Gasteiger partial charge in [-0.05, 0) is 56.9 Å². The quantitative estimate of drug-likeness (QED) is 0.691. The molecule has 4 rings (SSSR count). The number of aromatic nitrogens is 1. The van der Waals surface area contributed by atoms with Crippen molar-refractivity contribution >= 4 is 33.3 Å². The zero-order chi connectivity index (χ0) is 23.8. The van der Waals surface area contributed by atoms with Gasteiger partial charge in [-0.25, -0.2) is 13.4 Å². The van der Waals surface area contributed by atoms with Crippen molar-refractivity contribution in [2.45, 2.75) is 51.0 Å². The number of sulfonamides is 1. The summed E-state index contributed by atoms with van der Waals surface area (Å²) in [6.45, 7) is 5.77. The number of pyridine rings is 1. The lowest BCUT2D eigenvalue weighted by atomic mass is 9.99. The molecule has 1 saturated heterocycles. The molecule has 2 aromatic rings. The third-order valence-electron chi connectivity index (χ3n) is 5.98. The molecule has 176 valence electrons. The summed E-state index contributed by atoms with van der Waals surface area (Å²) >= 11 is 0. The van der Waals surface area contributed by atoms with Crippen LogP contribution in [0.1, 0.15) is 37.4 Å². The molecule has 1 aromatic carbocycles. The van der Waals surface area contributed by atoms with Crippen LogP contribution in [0.5, 0.6) is 5.75 Å². The summed E-state index contributed by atoms with van der Waals surface area (Å²) in [6.07, 6.45) is 0.988. The first-order chi connectivity index (χ1) is 15.7. The van der Waals surface area contributed by atoms with Crippen LogP contribution < -0.4 is 15.4 Å². The minimum Gasteiger partial charge on any atom is -0.478 e. The lowest BCUT2D eigenvalue weighted by Crippen LogP contribution is -2.44. The van der Waals surface area contributed by atoms with Crippen molar-refractivity contribution in [3.8, 4) is 5.75 Å². The third-order valence-corrected chi connectivity index (χ3v) is 7.99. The highest BCUT2D eigenvalue weighted by molar-refractivity contribution is 7.89. The van der Waals surface area contributed by atoms with E-state index in [2.05, 4.69) is 15.6 Å². The van der Waals surface area contributed by atoms with E-state index in [-0.39, 0.29) is 23.3 Å². The van der Waals surface area contributed by atoms with Crippen LogP contribution in [0.25, 0.3) is 0 Å². The fourth-order valence-corrected chi connectivity index (χ4v) is 5.93. The van der Waals surface area contributed by atoms with Gasteiger partial charge in [-0.1, -0.05) is 13.0 Å². The van der Waals surface area contributed by atoms with Gasteiger partial charge in [0.1, 0.15) is 11.6 Å². The van der Waals surface area contributed by atoms with Gasteiger partial charge < -0.3 is 15.4 Å². The summed E-state index contributed by atoms with van der Waals surface area (Å²) in [7, 11) is -3.86. The average molecular weight is 473 g/mol. The number of aryl methyl sites for hydroxylation is 2. The van der Waals surface area contributed by atoms with Crippen LogP contribution in [0.4, 0.5) is 11.5 Å². The number of hydrogen-bond acceptors (Lipinski definition) is 6. The van der Waals surface area contributed by atoms with Crippen LogP contribution in [-0.4, -0.2) is 48.7 Å². The standard InChI is InChI=1S/C23H28N4O5S/c1-4-18-23(29)25-17-11-14(2)20(12-19(17)32-18)33(30,31)27-10-6-8-16(13-27)22(28)26-21-9-5-7-15(3)24-21/h5,7,9,11-12,16,18H,4,6,8,10,13H2,1-3H3,(H,25,29)(H,24,26,28)/t16-,18-/m0/s1. The average Bonchev–Trinajstić information content (AvgIpc) is 2.78. The molecular weight excluding hydrogens is 444 g/mol. The molecule has 2 aliphatic rings. The Kier molecular flexibility index (Phi) is 6.40. The lowest BCUT2D eigenvalue weighted by Gasteiger charge is -2.32. The zero-order valence-corrected chi connectivity index (χ0v) is 19.7. The van der Waals surface area contributed by atoms with Crippen molar-refractivity contribution in [3.05, 3.63) is 41.6 Å². The van der Waals surface area contributed by atoms with Crippen LogP contribution in [-0.2, 0) is 19.6 Å². The first kappa shape index (κ1) is 23.2. The number of ether oxygens (including phenoxy) is 1. The normalized spacial score (nSPS) is 21.0. The van der Waals surface area contributed by atoms with Crippen molar-refractivity contribution in [2.75, 3.05) is 23.7 Å². The number of benzene rings is 1. The van der Waals surface area contributed by atoms with Gasteiger partial charge in [0.25, 0.3) is 5.91 Å². The predicted molar refractivity (Wildman–Crippen MR) is 124 cm³/mol. The van der Waals surface area contributed by atoms with Gasteiger partial charge in [0.2, 0.25) is 15.9 Å². The van der Waals surface area contributed by atoms with E-state index < -0.39 is 22.0 Å². The van der Waals surface area contributed by atoms with E-state index >= 15 is 0 Å². The molecule has 0 unspecified atom stereocenters. The molecule has 3 heterocycles. The highest BCUT2D eigenvalue weighted by atomic mass is 32.2. The van der Waals surface area contributed by atoms with E-state index in [1.54, 1.807) is 19.1 Å². The number of carbonyl (C=O) groups excluding carboxylic acids is 2. The largest absolute Gasteiger partial charge is 0.478 e. The number of rotatable bonds is 5. The Balaban J connectivity index is 1.55. The Hall–Kier alpha value is -2.98. The van der Waals surface area contributed by atoms with E-state index in [9.17, 15) is 18.0 Å². The van der Waals surface area contributed by atoms with Crippen LogP contribution in [0.2, 0.25) is 0 Å². The lowest BCUT2D eigenvalue weighted by molar-refractivity contribution is -0.123. The van der Waals surface area contributed by atoms with Gasteiger partial charge in [-0.3, -0.25) is 9.59 Å². The Labute approximate surface area is 193 Å². The number of fused-ring (bicyclic) bond motifs is 1. The fourth-order valence-electron chi connectivity index (χ4n) is 4.19. The first-order valence-electron chi connectivity index (χ1n) is 11.1. The van der Waals surface area contributed by atoms with E-state index in [0.29, 0.717) is 48.6 Å². The molecule has 2 N–H and O–H groups in total. The van der Waals surface area contributed by atoms with Gasteiger partial charge in [0.15, 0.2) is 6.10 Å². The molecule has 2 aliphatic heterocycles. The molecule has 0 spiro atoms. The minimum absolute atomic E-state index is 0.0890. The second-order valence-corrected chi connectivity index (χ2v) is 10.4. The Morgan fingerprint density at radius 3 is 2.82 bits per heavy atom. The number of hydrogen-bond donors (Lipinski definition) is 2. The molecule has 9 nitrogen and oxygen atoms in total. The summed E-state index contributed by atoms with van der Waals surface area (Å²) in [5, 5.41) is 5.58. The zero-order valence-electron chi connectivity index (χ0n) is 18.9. The second-order valence-electron chi connectivity index (χ2n) is 8.47. The molecule has 10 heteroatoms. The van der Waals surface area contributed by atoms with Crippen LogP contribution in [0.15, 0.2) is 35.2 Å². The number of carbonyl (C=O) groups is 2. The molecule has 0 bridgehead atoms. The molecule has 1 aromatic heterocycles. The smallest absolute Gasteiger partial charge is 0.265 e. The highest BCUT2D eigenvalue weighted by Gasteiger charge is 2.36. The van der Waals surface area contributed by atoms with Crippen molar-refractivity contribution in [2.24, 2.45) is 5.92 Å². The second kappa shape index (κ2) is 9.11. The van der Waals surface area contributed by atoms with Crippen molar-refractivity contribution in [1.82, 2.24) is 9.29 Å². The first-order valence-corrected chi connectivity index (χ1v) is 12.5. The molecule has 0 saturated carbocycles. The maximum absolute atomic E-state index is 13.5. The Morgan fingerprint density at radius 1 is 1.30 bits per heavy atom. The summed E-state index contributed by atoms with van der Waals surface area (Å²) in [5.41, 5.74) is 1.75. The summed E-state index contributed by atoms with van der Waals surface area (Å²) in [4.78, 5) is 29.3. The summed E-state index contributed by atoms with van der Waals surface area (Å²) in [6, 6.07) is 8.44. The molecule has 0 radical (unpaired) electrons. The number of piperidine rings is 1. The Morgan fingerprint density at radius 2 is 2.09 bits per heavy atom. The third kappa shape index (κ3) is 4.72. The van der Waals surface area contributed by atoms with Gasteiger partial charge in [-0.2, -0.15) is 4.31 Å². The topological polar surface area (TPSA) is 118 Å². The molecule has 2 atom stereocenters. The van der Waals surface area contributed by atoms with Crippen molar-refractivity contribution in [3.63, 3.8) is 0 Å². The van der Waals surface area contributed by atoms with Crippen LogP contribution in [0.3, 0.4) is 0 Å². The van der Waals surface area contributed by atoms with Crippen molar-refractivity contribution < 1.29 is 22.7 Å². The minimum atomic E-state index is -3.86. The fraction of sp³-hybridized carbons (Fsp3) is 0.435. The molecule has 33 heavy (non-hydrogen) atoms. The maximum Gasteiger partial charge on any atom is 0.265 e. The van der Waals surface area contributed by atoms with E-state index in [1.807, 2.05) is 26.0 Å². The number of nitrogens with zero attached hydrogens (tertiary/aromatic N) is 2. The predicted octanol–water partition coefficient (Wildman–Crippen LogP) is 2.85. The van der Waals surface area contributed by atoms with E-state index in [4.69, 9.17) is 4.74 Å². The van der Waals surface area contributed by atoms with Crippen LogP contribution >= 0.6 is 0 Å². The molecule has 2 amide bonds. The van der Waals surface area contributed by atoms with Gasteiger partial charge in [0.05, 0.1) is 16.5 Å². The number of nitrogens with one attached hydrogen (secondary N) is 2. The van der Waals surface area contributed by atoms with Gasteiger partial charge in [0, 0.05) is 24.8 Å². The molecular formula is C23H28N4O5S. The van der Waals surface area contributed by atoms with E-state index in [0.717, 1.165) is 5.69 Å². The van der Waals surface area contributed by atoms with E-state index in [1.165, 1.54) is 10.4 Å². The van der Waals surface area contributed by atoms with Crippen molar-refractivity contribution in [1.29, 1.82) is 0 Å². The summed E-state index contributed by atoms with van der Waals surface area (Å²) < 4.78 is 34.1. The SMILES string of the molecule is CC[C@@H]1Oc2cc(S(=O)(=O)N3CCC[C@H](C(=O)Nc4cccc(C)n4)C3)c(C)cc2NC1=O.